The lowest BCUT2D eigenvalue weighted by Gasteiger charge is -2.36. The van der Waals surface area contributed by atoms with E-state index < -0.39 is 0 Å². The zero-order valence-corrected chi connectivity index (χ0v) is 13.1. The molecule has 0 saturated heterocycles. The predicted octanol–water partition coefficient (Wildman–Crippen LogP) is 4.30. The third-order valence-corrected chi connectivity index (χ3v) is 5.50. The van der Waals surface area contributed by atoms with Gasteiger partial charge in [-0.25, -0.2) is 0 Å². The lowest BCUT2D eigenvalue weighted by Crippen LogP contribution is -2.46. The summed E-state index contributed by atoms with van der Waals surface area (Å²) in [6.45, 7) is 11.6. The van der Waals surface area contributed by atoms with Crippen LogP contribution in [0.5, 0.6) is 0 Å². The maximum absolute atomic E-state index is 4.58. The van der Waals surface area contributed by atoms with E-state index in [9.17, 15) is 0 Å². The molecule has 0 amide bonds. The Hall–Kier alpha value is -0.600. The van der Waals surface area contributed by atoms with Crippen molar-refractivity contribution in [2.45, 2.75) is 77.9 Å². The number of fused-ring (bicyclic) bond motifs is 2. The molecule has 2 saturated carbocycles. The van der Waals surface area contributed by atoms with Gasteiger partial charge >= 0.3 is 0 Å². The standard InChI is InChI=1S/C16H29N3/c1-10(2)15-11-6-8-13-14(9-7-12(11)15)19(18-17-13)16(3,4)5/h10-15H,6-9H2,1-5H3/t11-,12+,13?,14?,15+/m0/s1. The molecular weight excluding hydrogens is 234 g/mol. The van der Waals surface area contributed by atoms with Gasteiger partial charge in [-0.3, -0.25) is 5.01 Å². The fourth-order valence-electron chi connectivity index (χ4n) is 4.63. The molecule has 3 heteroatoms. The average Bonchev–Trinajstić information content (AvgIpc) is 2.79. The van der Waals surface area contributed by atoms with Gasteiger partial charge in [-0.15, -0.1) is 0 Å². The van der Waals surface area contributed by atoms with Crippen molar-refractivity contribution in [2.24, 2.45) is 34.0 Å². The monoisotopic (exact) mass is 263 g/mol. The molecular formula is C16H29N3. The van der Waals surface area contributed by atoms with Crippen LogP contribution in [0.25, 0.3) is 0 Å². The molecule has 0 aromatic heterocycles. The number of nitrogens with zero attached hydrogens (tertiary/aromatic N) is 3. The van der Waals surface area contributed by atoms with Crippen LogP contribution >= 0.6 is 0 Å². The Labute approximate surface area is 117 Å². The summed E-state index contributed by atoms with van der Waals surface area (Å²) in [5.74, 6) is 3.87. The second-order valence-electron chi connectivity index (χ2n) is 8.16. The molecule has 0 aromatic carbocycles. The van der Waals surface area contributed by atoms with E-state index in [1.165, 1.54) is 25.7 Å². The van der Waals surface area contributed by atoms with E-state index in [1.54, 1.807) is 0 Å². The van der Waals surface area contributed by atoms with E-state index >= 15 is 0 Å². The normalized spacial score (nSPS) is 41.8. The summed E-state index contributed by atoms with van der Waals surface area (Å²) in [4.78, 5) is 0. The Morgan fingerprint density at radius 3 is 2.21 bits per heavy atom. The van der Waals surface area contributed by atoms with Crippen LogP contribution in [-0.2, 0) is 0 Å². The molecule has 2 fully saturated rings. The van der Waals surface area contributed by atoms with Gasteiger partial charge in [0.05, 0.1) is 17.6 Å². The minimum absolute atomic E-state index is 0.114. The largest absolute Gasteiger partial charge is 0.268 e. The van der Waals surface area contributed by atoms with E-state index in [4.69, 9.17) is 0 Å². The Bertz CT molecular complexity index is 369. The molecule has 2 unspecified atom stereocenters. The SMILES string of the molecule is CC(C)[C@H]1[C@@H]2CCC3C(CC[C@@H]21)N=NN3C(C)(C)C. The van der Waals surface area contributed by atoms with Crippen LogP contribution in [0.15, 0.2) is 10.3 Å². The smallest absolute Gasteiger partial charge is 0.0950 e. The Morgan fingerprint density at radius 1 is 1.00 bits per heavy atom. The van der Waals surface area contributed by atoms with E-state index in [1.807, 2.05) is 0 Å². The second kappa shape index (κ2) is 4.46. The van der Waals surface area contributed by atoms with Gasteiger partial charge in [0.25, 0.3) is 0 Å². The quantitative estimate of drug-likeness (QED) is 0.693. The number of hydrogen-bond donors (Lipinski definition) is 0. The molecule has 3 aliphatic rings. The molecule has 0 bridgehead atoms. The second-order valence-corrected chi connectivity index (χ2v) is 8.16. The molecule has 19 heavy (non-hydrogen) atoms. The minimum Gasteiger partial charge on any atom is -0.268 e. The highest BCUT2D eigenvalue weighted by atomic mass is 15.6. The highest BCUT2D eigenvalue weighted by molar-refractivity contribution is 5.03. The van der Waals surface area contributed by atoms with Crippen LogP contribution in [0.4, 0.5) is 0 Å². The van der Waals surface area contributed by atoms with Crippen molar-refractivity contribution < 1.29 is 0 Å². The molecule has 1 aliphatic heterocycles. The Kier molecular flexibility index (Phi) is 3.14. The third-order valence-electron chi connectivity index (χ3n) is 5.50. The summed E-state index contributed by atoms with van der Waals surface area (Å²) in [5, 5.41) is 11.4. The van der Waals surface area contributed by atoms with Crippen LogP contribution in [0.2, 0.25) is 0 Å². The molecule has 2 aliphatic carbocycles. The molecule has 0 spiro atoms. The van der Waals surface area contributed by atoms with E-state index in [-0.39, 0.29) is 5.54 Å². The first-order chi connectivity index (χ1) is 8.89. The number of rotatable bonds is 1. The van der Waals surface area contributed by atoms with Crippen molar-refractivity contribution in [1.29, 1.82) is 0 Å². The van der Waals surface area contributed by atoms with Crippen molar-refractivity contribution in [3.8, 4) is 0 Å². The lowest BCUT2D eigenvalue weighted by molar-refractivity contribution is 0.0862. The third kappa shape index (κ3) is 2.30. The van der Waals surface area contributed by atoms with E-state index in [0.717, 1.165) is 23.7 Å². The fraction of sp³-hybridized carbons (Fsp3) is 1.00. The maximum atomic E-state index is 4.58. The molecule has 1 heterocycles. The molecule has 0 radical (unpaired) electrons. The molecule has 3 rings (SSSR count). The highest BCUT2D eigenvalue weighted by Gasteiger charge is 2.53. The molecule has 0 aromatic rings. The summed E-state index contributed by atoms with van der Waals surface area (Å²) in [6, 6.07) is 1.03. The van der Waals surface area contributed by atoms with Gasteiger partial charge in [0.2, 0.25) is 0 Å². The average molecular weight is 263 g/mol. The maximum Gasteiger partial charge on any atom is 0.0950 e. The van der Waals surface area contributed by atoms with Crippen molar-refractivity contribution in [3.05, 3.63) is 0 Å². The summed E-state index contributed by atoms with van der Waals surface area (Å²) in [5.41, 5.74) is 0.114. The van der Waals surface area contributed by atoms with Crippen molar-refractivity contribution in [3.63, 3.8) is 0 Å². The zero-order valence-electron chi connectivity index (χ0n) is 13.1. The van der Waals surface area contributed by atoms with Gasteiger partial charge in [-0.05, 0) is 70.1 Å². The van der Waals surface area contributed by atoms with Gasteiger partial charge in [-0.1, -0.05) is 19.1 Å². The lowest BCUT2D eigenvalue weighted by atomic mass is 9.91. The topological polar surface area (TPSA) is 28.0 Å². The van der Waals surface area contributed by atoms with Crippen LogP contribution in [0, 0.1) is 23.7 Å². The van der Waals surface area contributed by atoms with Gasteiger partial charge < -0.3 is 0 Å². The van der Waals surface area contributed by atoms with Crippen LogP contribution in [0.3, 0.4) is 0 Å². The Balaban J connectivity index is 1.69. The van der Waals surface area contributed by atoms with E-state index in [0.29, 0.717) is 12.1 Å². The van der Waals surface area contributed by atoms with Crippen LogP contribution < -0.4 is 0 Å². The van der Waals surface area contributed by atoms with Crippen molar-refractivity contribution >= 4 is 0 Å². The fourth-order valence-corrected chi connectivity index (χ4v) is 4.63. The van der Waals surface area contributed by atoms with Gasteiger partial charge in [0, 0.05) is 0 Å². The van der Waals surface area contributed by atoms with Crippen LogP contribution in [0.1, 0.15) is 60.3 Å². The van der Waals surface area contributed by atoms with Gasteiger partial charge in [0.15, 0.2) is 0 Å². The van der Waals surface area contributed by atoms with E-state index in [2.05, 4.69) is 50.0 Å². The van der Waals surface area contributed by atoms with Gasteiger partial charge in [-0.2, -0.15) is 5.11 Å². The summed E-state index contributed by atoms with van der Waals surface area (Å²) in [7, 11) is 0. The molecule has 0 N–H and O–H groups in total. The summed E-state index contributed by atoms with van der Waals surface area (Å²) >= 11 is 0. The first-order valence-corrected chi connectivity index (χ1v) is 8.09. The first-order valence-electron chi connectivity index (χ1n) is 8.09. The van der Waals surface area contributed by atoms with Crippen molar-refractivity contribution in [2.75, 3.05) is 0 Å². The Morgan fingerprint density at radius 2 is 1.63 bits per heavy atom. The number of hydrogen-bond acceptors (Lipinski definition) is 3. The predicted molar refractivity (Wildman–Crippen MR) is 77.8 cm³/mol. The summed E-state index contributed by atoms with van der Waals surface area (Å²) < 4.78 is 0. The van der Waals surface area contributed by atoms with Crippen LogP contribution in [-0.4, -0.2) is 22.6 Å². The highest BCUT2D eigenvalue weighted by Crippen LogP contribution is 2.57. The minimum atomic E-state index is 0.114. The zero-order chi connectivity index (χ0) is 13.8. The molecule has 5 atom stereocenters. The van der Waals surface area contributed by atoms with Crippen molar-refractivity contribution in [1.82, 2.24) is 5.01 Å². The van der Waals surface area contributed by atoms with Gasteiger partial charge in [0.1, 0.15) is 0 Å². The molecule has 3 nitrogen and oxygen atoms in total. The molecule has 108 valence electrons. The summed E-state index contributed by atoms with van der Waals surface area (Å²) in [6.07, 6.45) is 5.32. The first kappa shape index (κ1) is 13.4.